The van der Waals surface area contributed by atoms with Gasteiger partial charge in [0.25, 0.3) is 0 Å². The summed E-state index contributed by atoms with van der Waals surface area (Å²) in [5.74, 6) is -0.993. The molecule has 3 nitrogen and oxygen atoms in total. The van der Waals surface area contributed by atoms with Crippen LogP contribution >= 0.6 is 0 Å². The van der Waals surface area contributed by atoms with E-state index in [-0.39, 0.29) is 6.61 Å². The van der Waals surface area contributed by atoms with Crippen molar-refractivity contribution in [2.24, 2.45) is 0 Å². The molecule has 0 bridgehead atoms. The van der Waals surface area contributed by atoms with Crippen LogP contribution in [0.5, 0.6) is 0 Å². The van der Waals surface area contributed by atoms with E-state index in [1.165, 1.54) is 0 Å². The third-order valence-electron chi connectivity index (χ3n) is 1.70. The van der Waals surface area contributed by atoms with Gasteiger partial charge in [-0.25, -0.2) is 0 Å². The molecule has 1 heterocycles. The normalized spacial score (nSPS) is 34.2. The van der Waals surface area contributed by atoms with Gasteiger partial charge in [-0.1, -0.05) is 0 Å². The Morgan fingerprint density at radius 3 is 2.90 bits per heavy atom. The maximum atomic E-state index is 9.52. The Hall–Kier alpha value is -0.120. The molecule has 0 aromatic heterocycles. The molecular formula is C7H14O3. The first-order chi connectivity index (χ1) is 4.77. The predicted octanol–water partition coefficient (Wildman–Crippen LogP) is 0.522. The van der Waals surface area contributed by atoms with Gasteiger partial charge in [0.2, 0.25) is 0 Å². The molecule has 0 aromatic rings. The number of hydrogen-bond donors (Lipinski definition) is 1. The maximum absolute atomic E-state index is 9.52. The average Bonchev–Trinajstić information content (AvgIpc) is 1.89. The van der Waals surface area contributed by atoms with Crippen LogP contribution in [-0.2, 0) is 9.47 Å². The molecule has 0 aromatic carbocycles. The highest BCUT2D eigenvalue weighted by atomic mass is 16.6. The maximum Gasteiger partial charge on any atom is 0.189 e. The standard InChI is InChI=1S/C7H14O3/c1-9-6-7(8)4-2-3-5-10-7/h8H,2-6H2,1H3. The first kappa shape index (κ1) is 7.98. The molecule has 0 radical (unpaired) electrons. The average molecular weight is 146 g/mol. The lowest BCUT2D eigenvalue weighted by atomic mass is 10.1. The molecule has 1 rings (SSSR count). The minimum Gasteiger partial charge on any atom is -0.379 e. The molecule has 1 unspecified atom stereocenters. The first-order valence-corrected chi connectivity index (χ1v) is 3.62. The lowest BCUT2D eigenvalue weighted by Gasteiger charge is -2.31. The van der Waals surface area contributed by atoms with Gasteiger partial charge in [-0.15, -0.1) is 0 Å². The second-order valence-electron chi connectivity index (χ2n) is 2.68. The Morgan fingerprint density at radius 2 is 2.40 bits per heavy atom. The van der Waals surface area contributed by atoms with E-state index in [2.05, 4.69) is 0 Å². The molecule has 3 heteroatoms. The lowest BCUT2D eigenvalue weighted by molar-refractivity contribution is -0.246. The third kappa shape index (κ3) is 1.94. The summed E-state index contributed by atoms with van der Waals surface area (Å²) in [6.45, 7) is 0.937. The minimum atomic E-state index is -0.993. The molecule has 1 fully saturated rings. The molecule has 0 spiro atoms. The lowest BCUT2D eigenvalue weighted by Crippen LogP contribution is -2.40. The number of ether oxygens (including phenoxy) is 2. The van der Waals surface area contributed by atoms with Gasteiger partial charge in [-0.3, -0.25) is 0 Å². The summed E-state index contributed by atoms with van der Waals surface area (Å²) in [6, 6.07) is 0. The molecule has 60 valence electrons. The molecule has 0 amide bonds. The van der Waals surface area contributed by atoms with E-state index in [1.807, 2.05) is 0 Å². The quantitative estimate of drug-likeness (QED) is 0.617. The van der Waals surface area contributed by atoms with E-state index in [4.69, 9.17) is 9.47 Å². The van der Waals surface area contributed by atoms with Crippen LogP contribution in [-0.4, -0.2) is 31.2 Å². The zero-order valence-electron chi connectivity index (χ0n) is 6.30. The molecule has 1 atom stereocenters. The molecule has 1 aliphatic rings. The van der Waals surface area contributed by atoms with Crippen molar-refractivity contribution in [2.45, 2.75) is 25.0 Å². The molecule has 10 heavy (non-hydrogen) atoms. The molecule has 1 saturated heterocycles. The zero-order chi connectivity index (χ0) is 7.45. The summed E-state index contributed by atoms with van der Waals surface area (Å²) in [5, 5.41) is 9.52. The Kier molecular flexibility index (Phi) is 2.65. The van der Waals surface area contributed by atoms with Gasteiger partial charge >= 0.3 is 0 Å². The van der Waals surface area contributed by atoms with E-state index >= 15 is 0 Å². The first-order valence-electron chi connectivity index (χ1n) is 3.62. The van der Waals surface area contributed by atoms with Crippen molar-refractivity contribution >= 4 is 0 Å². The van der Waals surface area contributed by atoms with Gasteiger partial charge in [0.1, 0.15) is 6.61 Å². The zero-order valence-corrected chi connectivity index (χ0v) is 6.30. The highest BCUT2D eigenvalue weighted by Crippen LogP contribution is 2.21. The van der Waals surface area contributed by atoms with Crippen LogP contribution in [0.25, 0.3) is 0 Å². The molecule has 0 saturated carbocycles. The number of aliphatic hydroxyl groups is 1. The number of rotatable bonds is 2. The monoisotopic (exact) mass is 146 g/mol. The second kappa shape index (κ2) is 3.32. The summed E-state index contributed by atoms with van der Waals surface area (Å²) in [5.41, 5.74) is 0. The van der Waals surface area contributed by atoms with Gasteiger partial charge in [-0.2, -0.15) is 0 Å². The van der Waals surface area contributed by atoms with E-state index in [0.29, 0.717) is 13.0 Å². The molecule has 1 N–H and O–H groups in total. The fourth-order valence-electron chi connectivity index (χ4n) is 1.18. The third-order valence-corrected chi connectivity index (χ3v) is 1.70. The van der Waals surface area contributed by atoms with Crippen molar-refractivity contribution < 1.29 is 14.6 Å². The van der Waals surface area contributed by atoms with E-state index in [0.717, 1.165) is 12.8 Å². The van der Waals surface area contributed by atoms with Crippen molar-refractivity contribution in [1.29, 1.82) is 0 Å². The van der Waals surface area contributed by atoms with Crippen LogP contribution < -0.4 is 0 Å². The Balaban J connectivity index is 2.32. The highest BCUT2D eigenvalue weighted by Gasteiger charge is 2.29. The number of methoxy groups -OCH3 is 1. The van der Waals surface area contributed by atoms with Crippen LogP contribution in [0, 0.1) is 0 Å². The summed E-state index contributed by atoms with van der Waals surface area (Å²) < 4.78 is 9.95. The summed E-state index contributed by atoms with van der Waals surface area (Å²) >= 11 is 0. The van der Waals surface area contributed by atoms with Gasteiger partial charge in [0.05, 0.1) is 6.61 Å². The SMILES string of the molecule is COCC1(O)CCCCO1. The minimum absolute atomic E-state index is 0.285. The smallest absolute Gasteiger partial charge is 0.189 e. The van der Waals surface area contributed by atoms with Crippen molar-refractivity contribution in [1.82, 2.24) is 0 Å². The van der Waals surface area contributed by atoms with Gasteiger partial charge in [0, 0.05) is 13.5 Å². The molecule has 1 aliphatic heterocycles. The molecule has 0 aliphatic carbocycles. The van der Waals surface area contributed by atoms with Gasteiger partial charge in [0.15, 0.2) is 5.79 Å². The summed E-state index contributed by atoms with van der Waals surface area (Å²) in [4.78, 5) is 0. The summed E-state index contributed by atoms with van der Waals surface area (Å²) in [7, 11) is 1.57. The topological polar surface area (TPSA) is 38.7 Å². The Morgan fingerprint density at radius 1 is 1.60 bits per heavy atom. The van der Waals surface area contributed by atoms with Gasteiger partial charge < -0.3 is 14.6 Å². The van der Waals surface area contributed by atoms with Gasteiger partial charge in [-0.05, 0) is 12.8 Å². The highest BCUT2D eigenvalue weighted by molar-refractivity contribution is 4.70. The van der Waals surface area contributed by atoms with E-state index in [9.17, 15) is 5.11 Å². The number of hydrogen-bond acceptors (Lipinski definition) is 3. The van der Waals surface area contributed by atoms with Crippen LogP contribution in [0.3, 0.4) is 0 Å². The van der Waals surface area contributed by atoms with Crippen LogP contribution in [0.2, 0.25) is 0 Å². The van der Waals surface area contributed by atoms with Crippen molar-refractivity contribution in [3.8, 4) is 0 Å². The van der Waals surface area contributed by atoms with E-state index < -0.39 is 5.79 Å². The Labute approximate surface area is 60.9 Å². The van der Waals surface area contributed by atoms with Crippen LogP contribution in [0.15, 0.2) is 0 Å². The Bertz CT molecular complexity index is 91.5. The largest absolute Gasteiger partial charge is 0.379 e. The van der Waals surface area contributed by atoms with Crippen LogP contribution in [0.1, 0.15) is 19.3 Å². The second-order valence-corrected chi connectivity index (χ2v) is 2.68. The van der Waals surface area contributed by atoms with Crippen molar-refractivity contribution in [2.75, 3.05) is 20.3 Å². The van der Waals surface area contributed by atoms with Crippen molar-refractivity contribution in [3.05, 3.63) is 0 Å². The fourth-order valence-corrected chi connectivity index (χ4v) is 1.18. The van der Waals surface area contributed by atoms with Crippen LogP contribution in [0.4, 0.5) is 0 Å². The van der Waals surface area contributed by atoms with Crippen molar-refractivity contribution in [3.63, 3.8) is 0 Å². The van der Waals surface area contributed by atoms with E-state index in [1.54, 1.807) is 7.11 Å². The fraction of sp³-hybridized carbons (Fsp3) is 1.00. The predicted molar refractivity (Wildman–Crippen MR) is 36.6 cm³/mol. The summed E-state index contributed by atoms with van der Waals surface area (Å²) in [6.07, 6.45) is 2.77. The molecular weight excluding hydrogens is 132 g/mol.